The number of hydrogen-bond acceptors (Lipinski definition) is 5. The molecular formula is C19H17N3O4. The SMILES string of the molecule is COC(=O)c1ccc(NC(=O)[C@H](C)n2cnc3ccccc3c2=O)cc1. The number of amides is 1. The lowest BCUT2D eigenvalue weighted by molar-refractivity contribution is -0.118. The van der Waals surface area contributed by atoms with Crippen LogP contribution in [-0.2, 0) is 9.53 Å². The molecule has 1 amide bonds. The Labute approximate surface area is 149 Å². The third-order valence-electron chi connectivity index (χ3n) is 4.06. The van der Waals surface area contributed by atoms with Crippen molar-refractivity contribution in [3.63, 3.8) is 0 Å². The predicted octanol–water partition coefficient (Wildman–Crippen LogP) is 2.38. The van der Waals surface area contributed by atoms with Crippen LogP contribution in [0.5, 0.6) is 0 Å². The number of ether oxygens (including phenoxy) is 1. The van der Waals surface area contributed by atoms with Crippen LogP contribution in [0.25, 0.3) is 10.9 Å². The van der Waals surface area contributed by atoms with Crippen LogP contribution in [0.2, 0.25) is 0 Å². The zero-order chi connectivity index (χ0) is 18.7. The third kappa shape index (κ3) is 3.32. The molecule has 0 unspecified atom stereocenters. The summed E-state index contributed by atoms with van der Waals surface area (Å²) >= 11 is 0. The van der Waals surface area contributed by atoms with E-state index in [0.717, 1.165) is 0 Å². The van der Waals surface area contributed by atoms with E-state index in [9.17, 15) is 14.4 Å². The molecule has 0 aliphatic rings. The number of para-hydroxylation sites is 1. The minimum atomic E-state index is -0.750. The second kappa shape index (κ2) is 7.18. The summed E-state index contributed by atoms with van der Waals surface area (Å²) in [5.41, 5.74) is 1.20. The van der Waals surface area contributed by atoms with Gasteiger partial charge in [-0.15, -0.1) is 0 Å². The number of nitrogens with one attached hydrogen (secondary N) is 1. The first kappa shape index (κ1) is 17.3. The van der Waals surface area contributed by atoms with Gasteiger partial charge in [0, 0.05) is 5.69 Å². The van der Waals surface area contributed by atoms with E-state index >= 15 is 0 Å². The summed E-state index contributed by atoms with van der Waals surface area (Å²) in [7, 11) is 1.30. The predicted molar refractivity (Wildman–Crippen MR) is 97.1 cm³/mol. The number of nitrogens with zero attached hydrogens (tertiary/aromatic N) is 2. The van der Waals surface area contributed by atoms with Gasteiger partial charge in [-0.1, -0.05) is 12.1 Å². The summed E-state index contributed by atoms with van der Waals surface area (Å²) in [6.07, 6.45) is 1.37. The highest BCUT2D eigenvalue weighted by Gasteiger charge is 2.18. The highest BCUT2D eigenvalue weighted by atomic mass is 16.5. The van der Waals surface area contributed by atoms with E-state index in [4.69, 9.17) is 0 Å². The summed E-state index contributed by atoms with van der Waals surface area (Å²) < 4.78 is 5.92. The Morgan fingerprint density at radius 1 is 1.12 bits per heavy atom. The maximum atomic E-state index is 12.6. The molecule has 1 atom stereocenters. The second-order valence-electron chi connectivity index (χ2n) is 5.71. The van der Waals surface area contributed by atoms with Crippen LogP contribution >= 0.6 is 0 Å². The van der Waals surface area contributed by atoms with Crippen LogP contribution in [0, 0.1) is 0 Å². The van der Waals surface area contributed by atoms with Gasteiger partial charge in [-0.25, -0.2) is 9.78 Å². The van der Waals surface area contributed by atoms with Crippen molar-refractivity contribution in [1.29, 1.82) is 0 Å². The zero-order valence-corrected chi connectivity index (χ0v) is 14.3. The maximum Gasteiger partial charge on any atom is 0.337 e. The summed E-state index contributed by atoms with van der Waals surface area (Å²) in [4.78, 5) is 40.7. The van der Waals surface area contributed by atoms with E-state index in [0.29, 0.717) is 22.2 Å². The van der Waals surface area contributed by atoms with Gasteiger partial charge in [0.1, 0.15) is 6.04 Å². The van der Waals surface area contributed by atoms with E-state index < -0.39 is 12.0 Å². The van der Waals surface area contributed by atoms with Crippen LogP contribution in [-0.4, -0.2) is 28.5 Å². The van der Waals surface area contributed by atoms with Gasteiger partial charge in [-0.2, -0.15) is 0 Å². The van der Waals surface area contributed by atoms with Gasteiger partial charge in [0.15, 0.2) is 0 Å². The van der Waals surface area contributed by atoms with Crippen molar-refractivity contribution in [2.45, 2.75) is 13.0 Å². The fourth-order valence-corrected chi connectivity index (χ4v) is 2.54. The fraction of sp³-hybridized carbons (Fsp3) is 0.158. The van der Waals surface area contributed by atoms with Crippen LogP contribution in [0.1, 0.15) is 23.3 Å². The van der Waals surface area contributed by atoms with Gasteiger partial charge < -0.3 is 10.1 Å². The molecule has 2 aromatic carbocycles. The molecule has 0 spiro atoms. The maximum absolute atomic E-state index is 12.6. The summed E-state index contributed by atoms with van der Waals surface area (Å²) in [6.45, 7) is 1.62. The van der Waals surface area contributed by atoms with Crippen molar-refractivity contribution in [3.8, 4) is 0 Å². The summed E-state index contributed by atoms with van der Waals surface area (Å²) in [6, 6.07) is 12.5. The van der Waals surface area contributed by atoms with Crippen LogP contribution < -0.4 is 10.9 Å². The molecule has 26 heavy (non-hydrogen) atoms. The van der Waals surface area contributed by atoms with Crippen LogP contribution in [0.3, 0.4) is 0 Å². The summed E-state index contributed by atoms with van der Waals surface area (Å²) in [5.74, 6) is -0.819. The minimum Gasteiger partial charge on any atom is -0.465 e. The quantitative estimate of drug-likeness (QED) is 0.729. The molecular weight excluding hydrogens is 334 g/mol. The number of fused-ring (bicyclic) bond motifs is 1. The normalized spacial score (nSPS) is 11.8. The Morgan fingerprint density at radius 3 is 2.50 bits per heavy atom. The highest BCUT2D eigenvalue weighted by Crippen LogP contribution is 2.14. The molecule has 3 rings (SSSR count). The van der Waals surface area contributed by atoms with Gasteiger partial charge in [-0.3, -0.25) is 14.2 Å². The lowest BCUT2D eigenvalue weighted by Gasteiger charge is -2.15. The Hall–Kier alpha value is -3.48. The first-order valence-electron chi connectivity index (χ1n) is 7.96. The summed E-state index contributed by atoms with van der Waals surface area (Å²) in [5, 5.41) is 3.18. The number of hydrogen-bond donors (Lipinski definition) is 1. The smallest absolute Gasteiger partial charge is 0.337 e. The molecule has 1 N–H and O–H groups in total. The number of rotatable bonds is 4. The first-order chi connectivity index (χ1) is 12.5. The number of methoxy groups -OCH3 is 1. The molecule has 0 radical (unpaired) electrons. The molecule has 0 bridgehead atoms. The molecule has 7 nitrogen and oxygen atoms in total. The number of aromatic nitrogens is 2. The monoisotopic (exact) mass is 351 g/mol. The molecule has 7 heteroatoms. The second-order valence-corrected chi connectivity index (χ2v) is 5.71. The van der Waals surface area contributed by atoms with E-state index in [1.807, 2.05) is 0 Å². The molecule has 0 fully saturated rings. The molecule has 3 aromatic rings. The van der Waals surface area contributed by atoms with E-state index in [2.05, 4.69) is 15.0 Å². The topological polar surface area (TPSA) is 90.3 Å². The lowest BCUT2D eigenvalue weighted by Crippen LogP contribution is -2.31. The van der Waals surface area contributed by atoms with Gasteiger partial charge in [0.25, 0.3) is 5.56 Å². The van der Waals surface area contributed by atoms with Gasteiger partial charge in [0.2, 0.25) is 5.91 Å². The van der Waals surface area contributed by atoms with Crippen LogP contribution in [0.15, 0.2) is 59.7 Å². The van der Waals surface area contributed by atoms with Crippen molar-refractivity contribution in [1.82, 2.24) is 9.55 Å². The van der Waals surface area contributed by atoms with E-state index in [1.54, 1.807) is 55.5 Å². The van der Waals surface area contributed by atoms with Crippen molar-refractivity contribution < 1.29 is 14.3 Å². The average Bonchev–Trinajstić information content (AvgIpc) is 2.68. The lowest BCUT2D eigenvalue weighted by atomic mass is 10.2. The van der Waals surface area contributed by atoms with Gasteiger partial charge in [-0.05, 0) is 43.3 Å². The fourth-order valence-electron chi connectivity index (χ4n) is 2.54. The van der Waals surface area contributed by atoms with E-state index in [1.165, 1.54) is 18.0 Å². The van der Waals surface area contributed by atoms with Crippen molar-refractivity contribution >= 4 is 28.5 Å². The molecule has 1 aromatic heterocycles. The minimum absolute atomic E-state index is 0.278. The molecule has 1 heterocycles. The molecule has 0 saturated carbocycles. The molecule has 0 saturated heterocycles. The first-order valence-corrected chi connectivity index (χ1v) is 7.96. The van der Waals surface area contributed by atoms with Crippen molar-refractivity contribution in [2.24, 2.45) is 0 Å². The molecule has 132 valence electrons. The highest BCUT2D eigenvalue weighted by molar-refractivity contribution is 5.95. The van der Waals surface area contributed by atoms with Crippen LogP contribution in [0.4, 0.5) is 5.69 Å². The largest absolute Gasteiger partial charge is 0.465 e. The number of carbonyl (C=O) groups is 2. The Morgan fingerprint density at radius 2 is 1.81 bits per heavy atom. The standard InChI is InChI=1S/C19H17N3O4/c1-12(22-11-20-16-6-4-3-5-15(16)18(22)24)17(23)21-14-9-7-13(8-10-14)19(25)26-2/h3-12H,1-2H3,(H,21,23)/t12-/m0/s1. The third-order valence-corrected chi connectivity index (χ3v) is 4.06. The Kier molecular flexibility index (Phi) is 4.79. The van der Waals surface area contributed by atoms with Crippen molar-refractivity contribution in [2.75, 3.05) is 12.4 Å². The number of anilines is 1. The average molecular weight is 351 g/mol. The number of benzene rings is 2. The Balaban J connectivity index is 1.81. The molecule has 0 aliphatic carbocycles. The number of carbonyl (C=O) groups excluding carboxylic acids is 2. The van der Waals surface area contributed by atoms with E-state index in [-0.39, 0.29) is 11.5 Å². The Bertz CT molecular complexity index is 1020. The van der Waals surface area contributed by atoms with Crippen molar-refractivity contribution in [3.05, 3.63) is 70.8 Å². The van der Waals surface area contributed by atoms with Gasteiger partial charge in [0.05, 0.1) is 29.9 Å². The number of esters is 1. The molecule has 0 aliphatic heterocycles. The van der Waals surface area contributed by atoms with Gasteiger partial charge >= 0.3 is 5.97 Å². The zero-order valence-electron chi connectivity index (χ0n) is 14.3.